The monoisotopic (exact) mass is 929 g/mol. The second kappa shape index (κ2) is 19.6. The first-order valence-electron chi connectivity index (χ1n) is 22.7. The van der Waals surface area contributed by atoms with Gasteiger partial charge in [-0.15, -0.1) is 20.4 Å². The van der Waals surface area contributed by atoms with Crippen LogP contribution in [0, 0.1) is 20.8 Å². The predicted octanol–water partition coefficient (Wildman–Crippen LogP) is 6.70. The lowest BCUT2D eigenvalue weighted by Crippen LogP contribution is -2.36. The van der Waals surface area contributed by atoms with Crippen molar-refractivity contribution in [2.24, 2.45) is 4.99 Å². The highest BCUT2D eigenvalue weighted by molar-refractivity contribution is 5.83. The lowest BCUT2D eigenvalue weighted by Gasteiger charge is -2.27. The number of aromatic nitrogens is 15. The van der Waals surface area contributed by atoms with Crippen LogP contribution in [0.4, 0.5) is 17.5 Å². The lowest BCUT2D eigenvalue weighted by molar-refractivity contribution is 0.122. The summed E-state index contributed by atoms with van der Waals surface area (Å²) in [6.07, 6.45) is 10.9. The first-order valence-corrected chi connectivity index (χ1v) is 22.7. The molecular formula is C48H55N19O2. The van der Waals surface area contributed by atoms with E-state index < -0.39 is 0 Å². The van der Waals surface area contributed by atoms with E-state index in [4.69, 9.17) is 39.4 Å². The second-order valence-electron chi connectivity index (χ2n) is 17.1. The van der Waals surface area contributed by atoms with Crippen molar-refractivity contribution in [3.05, 3.63) is 103 Å². The summed E-state index contributed by atoms with van der Waals surface area (Å²) in [4.78, 5) is 39.8. The molecule has 21 heteroatoms. The molecule has 0 amide bonds. The molecule has 1 aliphatic heterocycles. The van der Waals surface area contributed by atoms with Crippen LogP contribution in [0.15, 0.2) is 84.5 Å². The van der Waals surface area contributed by atoms with Crippen LogP contribution >= 0.6 is 0 Å². The number of hydrogen-bond donors (Lipinski definition) is 2. The Morgan fingerprint density at radius 3 is 1.94 bits per heavy atom. The zero-order valence-corrected chi connectivity index (χ0v) is 40.1. The fraction of sp³-hybridized carbons (Fsp3) is 0.333. The highest BCUT2D eigenvalue weighted by Crippen LogP contribution is 2.31. The van der Waals surface area contributed by atoms with E-state index in [0.717, 1.165) is 75.7 Å². The fourth-order valence-corrected chi connectivity index (χ4v) is 8.09. The normalized spacial score (nSPS) is 13.2. The van der Waals surface area contributed by atoms with Gasteiger partial charge in [0.1, 0.15) is 39.9 Å². The number of hydrogen-bond acceptors (Lipinski definition) is 17. The summed E-state index contributed by atoms with van der Waals surface area (Å²) < 4.78 is 18.9. The molecule has 0 spiro atoms. The number of nitrogens with one attached hydrogen (secondary N) is 2. The van der Waals surface area contributed by atoms with E-state index in [0.29, 0.717) is 72.1 Å². The van der Waals surface area contributed by atoms with Crippen molar-refractivity contribution < 1.29 is 9.47 Å². The van der Waals surface area contributed by atoms with Gasteiger partial charge < -0.3 is 34.1 Å². The number of rotatable bonds is 14. The van der Waals surface area contributed by atoms with Crippen LogP contribution in [0.25, 0.3) is 56.4 Å². The molecule has 69 heavy (non-hydrogen) atoms. The van der Waals surface area contributed by atoms with Crippen LogP contribution in [0.2, 0.25) is 0 Å². The predicted molar refractivity (Wildman–Crippen MR) is 267 cm³/mol. The summed E-state index contributed by atoms with van der Waals surface area (Å²) in [6.45, 7) is 25.5. The fourth-order valence-electron chi connectivity index (χ4n) is 8.09. The molecule has 0 bridgehead atoms. The second-order valence-corrected chi connectivity index (χ2v) is 17.1. The van der Waals surface area contributed by atoms with Crippen molar-refractivity contribution in [3.8, 4) is 28.9 Å². The summed E-state index contributed by atoms with van der Waals surface area (Å²) in [5.41, 5.74) is 8.72. The molecular weight excluding hydrogens is 875 g/mol. The third kappa shape index (κ3) is 9.53. The van der Waals surface area contributed by atoms with Gasteiger partial charge in [0.2, 0.25) is 17.2 Å². The number of fused-ring (bicyclic) bond motifs is 4. The molecule has 1 saturated heterocycles. The molecule has 1 aliphatic rings. The van der Waals surface area contributed by atoms with Gasteiger partial charge in [0.05, 0.1) is 68.2 Å². The molecule has 0 aromatic carbocycles. The summed E-state index contributed by atoms with van der Waals surface area (Å²) in [7, 11) is 1.58. The topological polar surface area (TPSA) is 219 Å². The maximum Gasteiger partial charge on any atom is 0.215 e. The Hall–Kier alpha value is -8.20. The SMILES string of the molecule is C=C/C=C(/Cn1c(-c2cn3c(C)nnc3c(NC(C)C)n2)nc2cnc(OC)cc21)N=C.Cc1cccc(Cn2c(-c3cn4c(C)nnc4c(NC(C)C)n3)nc3cnc(N4CCOCC4)cc32)n1. The van der Waals surface area contributed by atoms with Gasteiger partial charge in [0.25, 0.3) is 0 Å². The molecule has 0 atom stereocenters. The van der Waals surface area contributed by atoms with Crippen molar-refractivity contribution >= 4 is 57.5 Å². The van der Waals surface area contributed by atoms with Crippen molar-refractivity contribution in [2.75, 3.05) is 48.9 Å². The Labute approximate surface area is 398 Å². The zero-order valence-electron chi connectivity index (χ0n) is 40.1. The van der Waals surface area contributed by atoms with E-state index in [1.54, 1.807) is 19.4 Å². The third-order valence-electron chi connectivity index (χ3n) is 11.3. The summed E-state index contributed by atoms with van der Waals surface area (Å²) >= 11 is 0. The maximum atomic E-state index is 5.54. The average molecular weight is 930 g/mol. The van der Waals surface area contributed by atoms with Gasteiger partial charge in [-0.05, 0) is 73.4 Å². The number of nitrogens with zero attached hydrogens (tertiary/aromatic N) is 17. The Morgan fingerprint density at radius 1 is 0.783 bits per heavy atom. The van der Waals surface area contributed by atoms with Crippen LogP contribution in [-0.2, 0) is 17.8 Å². The van der Waals surface area contributed by atoms with Gasteiger partial charge in [0.15, 0.2) is 23.3 Å². The minimum absolute atomic E-state index is 0.165. The highest BCUT2D eigenvalue weighted by atomic mass is 16.5. The van der Waals surface area contributed by atoms with E-state index in [1.165, 1.54) is 0 Å². The van der Waals surface area contributed by atoms with Crippen LogP contribution in [-0.4, -0.2) is 125 Å². The van der Waals surface area contributed by atoms with Gasteiger partial charge in [-0.3, -0.25) is 18.8 Å². The first-order chi connectivity index (χ1) is 33.4. The summed E-state index contributed by atoms with van der Waals surface area (Å²) in [6, 6.07) is 10.4. The number of methoxy groups -OCH3 is 1. The minimum atomic E-state index is 0.165. The van der Waals surface area contributed by atoms with Gasteiger partial charge in [-0.25, -0.2) is 29.9 Å². The summed E-state index contributed by atoms with van der Waals surface area (Å²) in [5, 5.41) is 23.9. The first kappa shape index (κ1) is 45.9. The molecule has 10 rings (SSSR count). The minimum Gasteiger partial charge on any atom is -0.481 e. The Bertz CT molecular complexity index is 3370. The Morgan fingerprint density at radius 2 is 1.38 bits per heavy atom. The largest absolute Gasteiger partial charge is 0.481 e. The average Bonchev–Trinajstić information content (AvgIpc) is 4.11. The van der Waals surface area contributed by atoms with E-state index in [9.17, 15) is 0 Å². The third-order valence-corrected chi connectivity index (χ3v) is 11.3. The standard InChI is InChI=1S/C26H30N10O.C22H25N9O/c1-16(2)28-24-26-33-32-18(4)35(26)15-21(30-24)25-31-20-13-27-23(34-8-10-37-11-9-34)12-22(20)36(25)14-19-7-5-6-17(3)29-19;1-7-8-15(23-5)11-31-18-9-19(32-6)24-10-16(18)27-21(31)17-12-30-14(4)28-29-22(30)20(26-17)25-13(2)3/h5-7,12-13,15-16H,8-11,14H2,1-4H3,(H,28,30);7-10,12-13H,1,5,11H2,2-4,6H3,(H,25,26)/b;15-8-. The molecule has 0 saturated carbocycles. The number of anilines is 3. The van der Waals surface area contributed by atoms with Gasteiger partial charge >= 0.3 is 0 Å². The van der Waals surface area contributed by atoms with Crippen LogP contribution in [0.5, 0.6) is 5.88 Å². The van der Waals surface area contributed by atoms with Gasteiger partial charge in [-0.2, -0.15) is 0 Å². The van der Waals surface area contributed by atoms with Gasteiger partial charge in [-0.1, -0.05) is 18.7 Å². The van der Waals surface area contributed by atoms with E-state index in [-0.39, 0.29) is 12.1 Å². The van der Waals surface area contributed by atoms with Gasteiger partial charge in [0, 0.05) is 55.4 Å². The van der Waals surface area contributed by atoms with Crippen LogP contribution < -0.4 is 20.3 Å². The molecule has 9 aromatic rings. The summed E-state index contributed by atoms with van der Waals surface area (Å²) in [5.74, 6) is 5.64. The van der Waals surface area contributed by atoms with E-state index >= 15 is 0 Å². The molecule has 10 heterocycles. The molecule has 0 unspecified atom stereocenters. The van der Waals surface area contributed by atoms with E-state index in [2.05, 4.69) is 83.7 Å². The smallest absolute Gasteiger partial charge is 0.215 e. The van der Waals surface area contributed by atoms with Crippen molar-refractivity contribution in [2.45, 2.75) is 73.6 Å². The zero-order chi connectivity index (χ0) is 48.3. The lowest BCUT2D eigenvalue weighted by atomic mass is 10.3. The number of ether oxygens (including phenoxy) is 2. The Kier molecular flexibility index (Phi) is 13.0. The molecule has 0 aliphatic carbocycles. The molecule has 2 N–H and O–H groups in total. The number of pyridine rings is 3. The number of aryl methyl sites for hydroxylation is 3. The Balaban J connectivity index is 0.000000174. The number of imidazole rings is 2. The number of morpholine rings is 1. The van der Waals surface area contributed by atoms with Crippen molar-refractivity contribution in [1.82, 2.24) is 73.2 Å². The van der Waals surface area contributed by atoms with Crippen molar-refractivity contribution in [1.29, 1.82) is 0 Å². The number of aliphatic imine (C=N–C) groups is 1. The maximum absolute atomic E-state index is 5.54. The molecule has 0 radical (unpaired) electrons. The quantitative estimate of drug-likeness (QED) is 0.0857. The molecule has 354 valence electrons. The van der Waals surface area contributed by atoms with E-state index in [1.807, 2.05) is 96.9 Å². The van der Waals surface area contributed by atoms with Crippen molar-refractivity contribution in [3.63, 3.8) is 0 Å². The molecule has 1 fully saturated rings. The van der Waals surface area contributed by atoms with Crippen LogP contribution in [0.1, 0.15) is 50.7 Å². The molecule has 21 nitrogen and oxygen atoms in total. The highest BCUT2D eigenvalue weighted by Gasteiger charge is 2.23. The number of allylic oxidation sites excluding steroid dienone is 3. The molecule has 9 aromatic heterocycles. The van der Waals surface area contributed by atoms with Crippen LogP contribution in [0.3, 0.4) is 0 Å².